The summed E-state index contributed by atoms with van der Waals surface area (Å²) in [6.45, 7) is 7.07. The van der Waals surface area contributed by atoms with E-state index in [0.717, 1.165) is 29.9 Å². The maximum Gasteiger partial charge on any atom is 2.00 e. The molecule has 15 heavy (non-hydrogen) atoms. The van der Waals surface area contributed by atoms with Crippen molar-refractivity contribution >= 4 is 23.1 Å². The van der Waals surface area contributed by atoms with Crippen LogP contribution in [0.2, 0.25) is 0 Å². The number of hydrogen-bond donors (Lipinski definition) is 0. The number of benzene rings is 1. The molecule has 0 aliphatic rings. The van der Waals surface area contributed by atoms with Crippen LogP contribution < -0.4 is 21.7 Å². The molecule has 0 radical (unpaired) electrons. The molecule has 0 aliphatic carbocycles. The average Bonchev–Trinajstić information content (AvgIpc) is 2.03. The van der Waals surface area contributed by atoms with E-state index in [9.17, 15) is 0 Å². The second kappa shape index (κ2) is 9.49. The molecule has 1 aromatic rings. The van der Waals surface area contributed by atoms with Crippen LogP contribution in [0.5, 0.6) is 5.75 Å². The second-order valence-corrected chi connectivity index (χ2v) is 3.38. The predicted molar refractivity (Wildman–Crippen MR) is 60.9 cm³/mol. The molecule has 3 heteroatoms. The van der Waals surface area contributed by atoms with E-state index in [1.165, 1.54) is 6.42 Å². The van der Waals surface area contributed by atoms with Gasteiger partial charge in [0.25, 0.3) is 0 Å². The van der Waals surface area contributed by atoms with E-state index in [4.69, 9.17) is 4.74 Å². The number of hydrogen-bond acceptors (Lipinski definition) is 1. The van der Waals surface area contributed by atoms with Crippen LogP contribution in [0.15, 0.2) is 12.1 Å². The van der Waals surface area contributed by atoms with Gasteiger partial charge in [-0.3, -0.25) is 0 Å². The molecule has 0 heterocycles. The Hall–Kier alpha value is 0.266. The van der Waals surface area contributed by atoms with Crippen LogP contribution in [-0.2, 0) is 0 Å². The van der Waals surface area contributed by atoms with Gasteiger partial charge in [-0.15, -0.1) is 12.1 Å². The van der Waals surface area contributed by atoms with Gasteiger partial charge < -0.3 is 21.7 Å². The molecule has 0 unspecified atom stereocenters. The summed E-state index contributed by atoms with van der Waals surface area (Å²) in [5, 5.41) is 0. The average molecular weight is 281 g/mol. The van der Waals surface area contributed by atoms with Gasteiger partial charge in [-0.25, -0.2) is 0 Å². The number of rotatable bonds is 4. The largest absolute Gasteiger partial charge is 2.00 e. The van der Waals surface area contributed by atoms with Crippen molar-refractivity contribution in [2.24, 2.45) is 0 Å². The fourth-order valence-corrected chi connectivity index (χ4v) is 1.27. The van der Waals surface area contributed by atoms with E-state index in [-0.39, 0.29) is 40.0 Å². The van der Waals surface area contributed by atoms with E-state index in [1.807, 2.05) is 26.0 Å². The Kier molecular flexibility index (Phi) is 11.2. The van der Waals surface area contributed by atoms with Crippen molar-refractivity contribution in [3.05, 3.63) is 29.3 Å². The van der Waals surface area contributed by atoms with Crippen LogP contribution >= 0.6 is 0 Å². The van der Waals surface area contributed by atoms with Crippen molar-refractivity contribution in [3.63, 3.8) is 0 Å². The summed E-state index contributed by atoms with van der Waals surface area (Å²) >= 11 is 0. The zero-order valence-electron chi connectivity index (χ0n) is 9.77. The minimum absolute atomic E-state index is 0. The van der Waals surface area contributed by atoms with Crippen LogP contribution in [0.25, 0.3) is 0 Å². The first-order valence-corrected chi connectivity index (χ1v) is 4.85. The van der Waals surface area contributed by atoms with Crippen LogP contribution in [0.3, 0.4) is 0 Å². The summed E-state index contributed by atoms with van der Waals surface area (Å²) in [6, 6.07) is 7.28. The Balaban J connectivity index is 0. The molecule has 0 fully saturated rings. The van der Waals surface area contributed by atoms with Gasteiger partial charge in [0.15, 0.2) is 0 Å². The summed E-state index contributed by atoms with van der Waals surface area (Å²) in [6.07, 6.45) is 2.30. The molecule has 80 valence electrons. The smallest absolute Gasteiger partial charge is 1.00 e. The molecular formula is C12H17BrMgO. The molecule has 1 nitrogen and oxygen atoms in total. The van der Waals surface area contributed by atoms with Crippen LogP contribution in [0.1, 0.15) is 30.9 Å². The molecule has 0 saturated heterocycles. The van der Waals surface area contributed by atoms with Gasteiger partial charge in [-0.1, -0.05) is 27.2 Å². The fraction of sp³-hybridized carbons (Fsp3) is 0.500. The number of aryl methyl sites for hydroxylation is 2. The van der Waals surface area contributed by atoms with Crippen molar-refractivity contribution in [3.8, 4) is 5.75 Å². The van der Waals surface area contributed by atoms with Crippen molar-refractivity contribution < 1.29 is 21.7 Å². The third-order valence-corrected chi connectivity index (χ3v) is 1.88. The Bertz CT molecular complexity index is 256. The van der Waals surface area contributed by atoms with E-state index in [0.29, 0.717) is 0 Å². The quantitative estimate of drug-likeness (QED) is 0.426. The summed E-state index contributed by atoms with van der Waals surface area (Å²) < 4.78 is 5.59. The predicted octanol–water partition coefficient (Wildman–Crippen LogP) is -0.0943. The van der Waals surface area contributed by atoms with Crippen molar-refractivity contribution in [1.29, 1.82) is 0 Å². The molecular weight excluding hydrogens is 264 g/mol. The molecule has 0 spiro atoms. The second-order valence-electron chi connectivity index (χ2n) is 3.38. The van der Waals surface area contributed by atoms with E-state index >= 15 is 0 Å². The maximum atomic E-state index is 5.59. The summed E-state index contributed by atoms with van der Waals surface area (Å²) in [7, 11) is 0. The summed E-state index contributed by atoms with van der Waals surface area (Å²) in [4.78, 5) is 0. The minimum atomic E-state index is 0. The summed E-state index contributed by atoms with van der Waals surface area (Å²) in [5.74, 6) is 0.974. The van der Waals surface area contributed by atoms with Crippen molar-refractivity contribution in [1.82, 2.24) is 0 Å². The molecule has 0 aliphatic heterocycles. The van der Waals surface area contributed by atoms with Crippen molar-refractivity contribution in [2.75, 3.05) is 6.61 Å². The molecule has 1 rings (SSSR count). The Labute approximate surface area is 120 Å². The molecule has 0 bridgehead atoms. The van der Waals surface area contributed by atoms with E-state index in [2.05, 4.69) is 13.0 Å². The zero-order valence-corrected chi connectivity index (χ0v) is 12.8. The summed E-state index contributed by atoms with van der Waals surface area (Å²) in [5.41, 5.74) is 2.29. The van der Waals surface area contributed by atoms with E-state index in [1.54, 1.807) is 0 Å². The Morgan fingerprint density at radius 2 is 1.73 bits per heavy atom. The third kappa shape index (κ3) is 7.20. The molecule has 0 N–H and O–H groups in total. The number of unbranched alkanes of at least 4 members (excludes halogenated alkanes) is 1. The van der Waals surface area contributed by atoms with Crippen LogP contribution in [0.4, 0.5) is 0 Å². The molecule has 0 aromatic heterocycles. The van der Waals surface area contributed by atoms with Gasteiger partial charge in [0, 0.05) is 5.75 Å². The molecule has 0 amide bonds. The van der Waals surface area contributed by atoms with Gasteiger partial charge >= 0.3 is 23.1 Å². The monoisotopic (exact) mass is 280 g/mol. The van der Waals surface area contributed by atoms with Gasteiger partial charge in [0.1, 0.15) is 0 Å². The van der Waals surface area contributed by atoms with Gasteiger partial charge in [-0.05, 0) is 6.42 Å². The maximum absolute atomic E-state index is 5.59. The standard InChI is InChI=1S/C12H17O.BrH.Mg/c1-4-5-6-13-12-8-10(2)7-11(3)9-12;;/h8-9H,4-6H2,1-3H3;1H;/q-1;;+2/p-1. The third-order valence-electron chi connectivity index (χ3n) is 1.88. The molecule has 0 saturated carbocycles. The first-order chi connectivity index (χ1) is 6.22. The van der Waals surface area contributed by atoms with Gasteiger partial charge in [0.2, 0.25) is 0 Å². The van der Waals surface area contributed by atoms with Gasteiger partial charge in [-0.2, -0.15) is 17.2 Å². The van der Waals surface area contributed by atoms with Crippen LogP contribution in [-0.4, -0.2) is 29.7 Å². The normalized spacial score (nSPS) is 8.73. The Morgan fingerprint density at radius 1 is 1.20 bits per heavy atom. The van der Waals surface area contributed by atoms with E-state index < -0.39 is 0 Å². The zero-order chi connectivity index (χ0) is 9.68. The SMILES string of the molecule is CCCCOc1cc(C)[c-]c(C)c1.[Br-].[Mg+2]. The first kappa shape index (κ1) is 17.7. The molecule has 1 aromatic carbocycles. The van der Waals surface area contributed by atoms with Gasteiger partial charge in [0.05, 0.1) is 6.61 Å². The number of ether oxygens (including phenoxy) is 1. The van der Waals surface area contributed by atoms with Crippen LogP contribution in [0, 0.1) is 19.9 Å². The Morgan fingerprint density at radius 3 is 2.20 bits per heavy atom. The van der Waals surface area contributed by atoms with Crippen molar-refractivity contribution in [2.45, 2.75) is 33.6 Å². The molecule has 0 atom stereocenters. The first-order valence-electron chi connectivity index (χ1n) is 4.85. The topological polar surface area (TPSA) is 9.23 Å². The minimum Gasteiger partial charge on any atom is -1.00 e. The number of halogens is 1. The fourth-order valence-electron chi connectivity index (χ4n) is 1.27.